The van der Waals surface area contributed by atoms with Crippen molar-refractivity contribution in [2.24, 2.45) is 0 Å². The summed E-state index contributed by atoms with van der Waals surface area (Å²) < 4.78 is 5.08. The minimum absolute atomic E-state index is 0. The molecule has 2 aromatic rings. The van der Waals surface area contributed by atoms with Gasteiger partial charge >= 0.3 is 5.97 Å². The number of carboxylic acids is 1. The Kier molecular flexibility index (Phi) is 9.39. The fourth-order valence-corrected chi connectivity index (χ4v) is 3.33. The molecule has 0 aliphatic carbocycles. The van der Waals surface area contributed by atoms with Crippen molar-refractivity contribution in [3.05, 3.63) is 29.3 Å². The van der Waals surface area contributed by atoms with Crippen LogP contribution in [0.5, 0.6) is 5.75 Å². The molecule has 1 fully saturated rings. The van der Waals surface area contributed by atoms with Gasteiger partial charge in [-0.25, -0.2) is 4.79 Å². The van der Waals surface area contributed by atoms with Crippen LogP contribution >= 0.6 is 36.2 Å². The van der Waals surface area contributed by atoms with E-state index in [9.17, 15) is 9.59 Å². The summed E-state index contributed by atoms with van der Waals surface area (Å²) in [7, 11) is 1.65. The maximum Gasteiger partial charge on any atom is 0.341 e. The molecule has 154 valence electrons. The first-order valence-electron chi connectivity index (χ1n) is 8.06. The van der Waals surface area contributed by atoms with E-state index in [1.165, 1.54) is 16.2 Å². The third-order valence-corrected chi connectivity index (χ3v) is 4.85. The van der Waals surface area contributed by atoms with E-state index in [4.69, 9.17) is 9.84 Å². The van der Waals surface area contributed by atoms with E-state index in [-0.39, 0.29) is 30.7 Å². The van der Waals surface area contributed by atoms with Gasteiger partial charge in [0.25, 0.3) is 5.91 Å². The Hall–Kier alpha value is -2.14. The van der Waals surface area contributed by atoms with Crippen molar-refractivity contribution in [3.63, 3.8) is 0 Å². The predicted molar refractivity (Wildman–Crippen MR) is 112 cm³/mol. The summed E-state index contributed by atoms with van der Waals surface area (Å²) in [6, 6.07) is 6.61. The van der Waals surface area contributed by atoms with Crippen molar-refractivity contribution in [1.29, 1.82) is 0 Å². The number of rotatable bonds is 6. The highest BCUT2D eigenvalue weighted by Gasteiger charge is 2.21. The number of hydrogen-bond acceptors (Lipinski definition) is 8. The molecular formula is C16H21Cl2N5O4S. The van der Waals surface area contributed by atoms with Gasteiger partial charge in [0.15, 0.2) is 6.61 Å². The molecule has 1 saturated heterocycles. The molecule has 9 nitrogen and oxygen atoms in total. The second-order valence-electron chi connectivity index (χ2n) is 5.67. The van der Waals surface area contributed by atoms with Crippen molar-refractivity contribution < 1.29 is 19.4 Å². The van der Waals surface area contributed by atoms with Gasteiger partial charge in [0.1, 0.15) is 5.75 Å². The number of amides is 1. The monoisotopic (exact) mass is 449 g/mol. The number of anilines is 2. The molecule has 1 aromatic carbocycles. The molecule has 1 amide bonds. The molecule has 3 rings (SSSR count). The summed E-state index contributed by atoms with van der Waals surface area (Å²) in [4.78, 5) is 26.7. The number of benzene rings is 1. The summed E-state index contributed by atoms with van der Waals surface area (Å²) in [5, 5.41) is 21.1. The second kappa shape index (κ2) is 11.0. The lowest BCUT2D eigenvalue weighted by Gasteiger charge is -2.26. The average molecular weight is 450 g/mol. The molecule has 0 unspecified atom stereocenters. The maximum atomic E-state index is 12.6. The zero-order valence-corrected chi connectivity index (χ0v) is 17.5. The smallest absolute Gasteiger partial charge is 0.341 e. The maximum absolute atomic E-state index is 12.6. The fourth-order valence-electron chi connectivity index (χ4n) is 2.46. The van der Waals surface area contributed by atoms with Crippen molar-refractivity contribution in [1.82, 2.24) is 15.5 Å². The van der Waals surface area contributed by atoms with Crippen LogP contribution in [0.3, 0.4) is 0 Å². The van der Waals surface area contributed by atoms with Gasteiger partial charge in [-0.2, -0.15) is 0 Å². The van der Waals surface area contributed by atoms with E-state index in [1.807, 2.05) is 0 Å². The van der Waals surface area contributed by atoms with Crippen LogP contribution < -0.4 is 19.9 Å². The molecule has 2 heterocycles. The quantitative estimate of drug-likeness (QED) is 0.683. The van der Waals surface area contributed by atoms with E-state index >= 15 is 0 Å². The van der Waals surface area contributed by atoms with Crippen LogP contribution in [0, 0.1) is 0 Å². The number of nitrogens with zero attached hydrogens (tertiary/aromatic N) is 4. The van der Waals surface area contributed by atoms with Gasteiger partial charge in [0.2, 0.25) is 10.1 Å². The highest BCUT2D eigenvalue weighted by molar-refractivity contribution is 7.17. The number of aromatic nitrogens is 2. The summed E-state index contributed by atoms with van der Waals surface area (Å²) >= 11 is 1.28. The number of carbonyl (C=O) groups is 2. The molecule has 0 radical (unpaired) electrons. The Morgan fingerprint density at radius 2 is 1.86 bits per heavy atom. The molecule has 0 saturated carbocycles. The molecule has 0 bridgehead atoms. The minimum atomic E-state index is -1.04. The van der Waals surface area contributed by atoms with Gasteiger partial charge in [0.05, 0.1) is 0 Å². The number of piperazine rings is 1. The number of ether oxygens (including phenoxy) is 1. The SMILES string of the molecule is CN(C(=O)c1nnc(N2CCNCC2)s1)c1ccc(OCC(=O)O)cc1.Cl.Cl. The number of nitrogens with one attached hydrogen (secondary N) is 1. The van der Waals surface area contributed by atoms with E-state index in [2.05, 4.69) is 20.4 Å². The van der Waals surface area contributed by atoms with Gasteiger partial charge < -0.3 is 25.0 Å². The first kappa shape index (κ1) is 23.9. The molecule has 2 N–H and O–H groups in total. The molecular weight excluding hydrogens is 429 g/mol. The zero-order chi connectivity index (χ0) is 18.5. The molecule has 28 heavy (non-hydrogen) atoms. The highest BCUT2D eigenvalue weighted by Crippen LogP contribution is 2.24. The lowest BCUT2D eigenvalue weighted by atomic mass is 10.3. The topological polar surface area (TPSA) is 108 Å². The van der Waals surface area contributed by atoms with Gasteiger partial charge in [-0.15, -0.1) is 35.0 Å². The molecule has 0 spiro atoms. The van der Waals surface area contributed by atoms with Gasteiger partial charge in [0, 0.05) is 38.9 Å². The molecule has 1 aliphatic heterocycles. The molecule has 0 atom stereocenters. The third kappa shape index (κ3) is 5.93. The van der Waals surface area contributed by atoms with Crippen molar-refractivity contribution >= 4 is 58.8 Å². The Morgan fingerprint density at radius 3 is 2.46 bits per heavy atom. The van der Waals surface area contributed by atoms with Gasteiger partial charge in [-0.3, -0.25) is 4.79 Å². The Balaban J connectivity index is 0.00000196. The third-order valence-electron chi connectivity index (χ3n) is 3.88. The summed E-state index contributed by atoms with van der Waals surface area (Å²) in [5.41, 5.74) is 0.650. The van der Waals surface area contributed by atoms with E-state index in [0.717, 1.165) is 31.3 Å². The average Bonchev–Trinajstić information content (AvgIpc) is 3.16. The van der Waals surface area contributed by atoms with Gasteiger partial charge in [-0.05, 0) is 24.3 Å². The Labute approximate surface area is 178 Å². The van der Waals surface area contributed by atoms with Crippen LogP contribution in [-0.2, 0) is 4.79 Å². The molecule has 12 heteroatoms. The van der Waals surface area contributed by atoms with Crippen molar-refractivity contribution in [2.75, 3.05) is 49.6 Å². The summed E-state index contributed by atoms with van der Waals surface area (Å²) in [6.07, 6.45) is 0. The fraction of sp³-hybridized carbons (Fsp3) is 0.375. The zero-order valence-electron chi connectivity index (χ0n) is 15.0. The number of carboxylic acid groups (broad SMARTS) is 1. The summed E-state index contributed by atoms with van der Waals surface area (Å²) in [5.74, 6) is -0.866. The molecule has 1 aliphatic rings. The van der Waals surface area contributed by atoms with Crippen LogP contribution in [0.4, 0.5) is 10.8 Å². The van der Waals surface area contributed by atoms with Crippen LogP contribution in [0.2, 0.25) is 0 Å². The first-order valence-corrected chi connectivity index (χ1v) is 8.88. The summed E-state index contributed by atoms with van der Waals surface area (Å²) in [6.45, 7) is 3.05. The number of carbonyl (C=O) groups excluding carboxylic acids is 1. The van der Waals surface area contributed by atoms with Crippen molar-refractivity contribution in [3.8, 4) is 5.75 Å². The largest absolute Gasteiger partial charge is 0.482 e. The highest BCUT2D eigenvalue weighted by atomic mass is 35.5. The second-order valence-corrected chi connectivity index (χ2v) is 6.62. The van der Waals surface area contributed by atoms with Crippen LogP contribution in [0.15, 0.2) is 24.3 Å². The minimum Gasteiger partial charge on any atom is -0.482 e. The number of aliphatic carboxylic acids is 1. The Bertz CT molecular complexity index is 784. The van der Waals surface area contributed by atoms with E-state index in [1.54, 1.807) is 31.3 Å². The van der Waals surface area contributed by atoms with E-state index in [0.29, 0.717) is 16.4 Å². The normalized spacial score (nSPS) is 13.1. The first-order chi connectivity index (χ1) is 12.5. The van der Waals surface area contributed by atoms with Crippen molar-refractivity contribution in [2.45, 2.75) is 0 Å². The van der Waals surface area contributed by atoms with Crippen LogP contribution in [-0.4, -0.2) is 67.0 Å². The van der Waals surface area contributed by atoms with E-state index < -0.39 is 12.6 Å². The van der Waals surface area contributed by atoms with Crippen LogP contribution in [0.25, 0.3) is 0 Å². The van der Waals surface area contributed by atoms with Crippen LogP contribution in [0.1, 0.15) is 9.80 Å². The number of hydrogen-bond donors (Lipinski definition) is 2. The predicted octanol–water partition coefficient (Wildman–Crippen LogP) is 1.53. The Morgan fingerprint density at radius 1 is 1.21 bits per heavy atom. The lowest BCUT2D eigenvalue weighted by Crippen LogP contribution is -2.43. The lowest BCUT2D eigenvalue weighted by molar-refractivity contribution is -0.139. The number of halogens is 2. The molecule has 1 aromatic heterocycles. The van der Waals surface area contributed by atoms with Gasteiger partial charge in [-0.1, -0.05) is 11.3 Å². The standard InChI is InChI=1S/C16H19N5O4S.2ClH/c1-20(11-2-4-12(5-3-11)25-10-13(22)23)15(24)14-18-19-16(26-14)21-8-6-17-7-9-21;;/h2-5,17H,6-10H2,1H3,(H,22,23);2*1H.